The van der Waals surface area contributed by atoms with E-state index in [1.807, 2.05) is 24.3 Å². The van der Waals surface area contributed by atoms with Crippen LogP contribution in [0.25, 0.3) is 11.3 Å². The van der Waals surface area contributed by atoms with Crippen LogP contribution in [0.15, 0.2) is 34.7 Å². The van der Waals surface area contributed by atoms with Crippen molar-refractivity contribution in [3.05, 3.63) is 34.7 Å². The summed E-state index contributed by atoms with van der Waals surface area (Å²) in [5, 5.41) is 8.35. The Morgan fingerprint density at radius 2 is 2.04 bits per heavy atom. The second kappa shape index (κ2) is 5.85. The van der Waals surface area contributed by atoms with Crippen LogP contribution in [0.1, 0.15) is 33.6 Å². The Morgan fingerprint density at radius 3 is 2.71 bits per heavy atom. The molecule has 2 saturated carbocycles. The predicted molar refractivity (Wildman–Crippen MR) is 103 cm³/mol. The van der Waals surface area contributed by atoms with Crippen molar-refractivity contribution in [3.8, 4) is 11.3 Å². The van der Waals surface area contributed by atoms with E-state index in [0.717, 1.165) is 33.8 Å². The predicted octanol–water partition coefficient (Wildman–Crippen LogP) is 5.93. The fraction of sp³-hybridized carbons (Fsp3) is 0.474. The number of benzene rings is 1. The van der Waals surface area contributed by atoms with Crippen LogP contribution in [0.4, 0.5) is 5.13 Å². The highest BCUT2D eigenvalue weighted by Gasteiger charge is 2.53. The number of anilines is 1. The molecule has 5 heteroatoms. The number of rotatable bonds is 3. The molecule has 1 aromatic carbocycles. The van der Waals surface area contributed by atoms with Gasteiger partial charge in [0.05, 0.1) is 5.69 Å². The van der Waals surface area contributed by atoms with Gasteiger partial charge in [0, 0.05) is 27.6 Å². The third-order valence-electron chi connectivity index (χ3n) is 6.19. The average Bonchev–Trinajstić information content (AvgIpc) is 3.23. The van der Waals surface area contributed by atoms with Gasteiger partial charge in [-0.3, -0.25) is 5.43 Å². The van der Waals surface area contributed by atoms with Gasteiger partial charge in [0.1, 0.15) is 0 Å². The van der Waals surface area contributed by atoms with Gasteiger partial charge in [0.15, 0.2) is 0 Å². The second-order valence-electron chi connectivity index (χ2n) is 7.61. The van der Waals surface area contributed by atoms with Crippen molar-refractivity contribution in [1.29, 1.82) is 0 Å². The summed E-state index contributed by atoms with van der Waals surface area (Å²) in [6.45, 7) is 7.19. The van der Waals surface area contributed by atoms with Crippen LogP contribution in [0.2, 0.25) is 5.02 Å². The molecule has 0 spiro atoms. The normalized spacial score (nSPS) is 29.3. The van der Waals surface area contributed by atoms with E-state index in [1.165, 1.54) is 12.1 Å². The first-order chi connectivity index (χ1) is 11.4. The second-order valence-corrected chi connectivity index (χ2v) is 8.91. The Morgan fingerprint density at radius 1 is 1.29 bits per heavy atom. The third-order valence-corrected chi connectivity index (χ3v) is 7.19. The molecular formula is C19H22ClN3S. The lowest BCUT2D eigenvalue weighted by Crippen LogP contribution is -2.33. The standard InChI is InChI=1S/C19H22ClN3S/c1-11-15-8-13(19(11,2)3)9-16(15)22-23-18-21-17(10-24-18)12-4-6-14(20)7-5-12/h4-7,10-11,13,15H,8-9H2,1-3H3,(H,21,23)/b22-16+/t11-,13+,15+/m1/s1. The molecule has 2 aliphatic rings. The Labute approximate surface area is 152 Å². The van der Waals surface area contributed by atoms with Gasteiger partial charge in [-0.1, -0.05) is 44.5 Å². The van der Waals surface area contributed by atoms with Crippen LogP contribution < -0.4 is 5.43 Å². The molecule has 0 unspecified atom stereocenters. The minimum Gasteiger partial charge on any atom is -0.253 e. The summed E-state index contributed by atoms with van der Waals surface area (Å²) in [7, 11) is 0. The van der Waals surface area contributed by atoms with E-state index >= 15 is 0 Å². The molecule has 0 radical (unpaired) electrons. The Hall–Kier alpha value is -1.39. The summed E-state index contributed by atoms with van der Waals surface area (Å²) >= 11 is 7.53. The van der Waals surface area contributed by atoms with E-state index < -0.39 is 0 Å². The third kappa shape index (κ3) is 2.66. The Kier molecular flexibility index (Phi) is 3.92. The van der Waals surface area contributed by atoms with Gasteiger partial charge in [-0.25, -0.2) is 4.98 Å². The zero-order chi connectivity index (χ0) is 16.9. The monoisotopic (exact) mass is 359 g/mol. The molecule has 24 heavy (non-hydrogen) atoms. The lowest BCUT2D eigenvalue weighted by molar-refractivity contribution is 0.182. The average molecular weight is 360 g/mol. The SMILES string of the molecule is C[C@@H]1[C@@H]2C[C@@H](C/C2=N\Nc2nc(-c3ccc(Cl)cc3)cs2)C1(C)C. The van der Waals surface area contributed by atoms with E-state index in [9.17, 15) is 0 Å². The maximum atomic E-state index is 5.94. The summed E-state index contributed by atoms with van der Waals surface area (Å²) in [4.78, 5) is 4.64. The summed E-state index contributed by atoms with van der Waals surface area (Å²) in [6, 6.07) is 7.77. The number of hydrogen-bond acceptors (Lipinski definition) is 4. The van der Waals surface area contributed by atoms with Crippen LogP contribution in [-0.4, -0.2) is 10.7 Å². The van der Waals surface area contributed by atoms with Crippen LogP contribution in [-0.2, 0) is 0 Å². The molecule has 126 valence electrons. The number of aromatic nitrogens is 1. The highest BCUT2D eigenvalue weighted by molar-refractivity contribution is 7.14. The maximum absolute atomic E-state index is 5.94. The summed E-state index contributed by atoms with van der Waals surface area (Å²) in [5.41, 5.74) is 7.01. The molecule has 2 aliphatic carbocycles. The number of nitrogens with zero attached hydrogens (tertiary/aromatic N) is 2. The molecule has 1 heterocycles. The molecule has 0 saturated heterocycles. The molecule has 2 bridgehead atoms. The fourth-order valence-corrected chi connectivity index (χ4v) is 4.99. The van der Waals surface area contributed by atoms with Crippen molar-refractivity contribution in [2.24, 2.45) is 28.3 Å². The van der Waals surface area contributed by atoms with Gasteiger partial charge in [-0.15, -0.1) is 11.3 Å². The first-order valence-corrected chi connectivity index (χ1v) is 9.75. The molecular weight excluding hydrogens is 338 g/mol. The summed E-state index contributed by atoms with van der Waals surface area (Å²) in [5.74, 6) is 2.12. The maximum Gasteiger partial charge on any atom is 0.203 e. The smallest absolute Gasteiger partial charge is 0.203 e. The highest BCUT2D eigenvalue weighted by atomic mass is 35.5. The van der Waals surface area contributed by atoms with Gasteiger partial charge < -0.3 is 0 Å². The van der Waals surface area contributed by atoms with Crippen LogP contribution >= 0.6 is 22.9 Å². The summed E-state index contributed by atoms with van der Waals surface area (Å²) < 4.78 is 0. The number of hydrazone groups is 1. The first kappa shape index (κ1) is 16.1. The number of hydrogen-bond donors (Lipinski definition) is 1. The molecule has 1 aromatic heterocycles. The molecule has 2 aromatic rings. The number of halogens is 1. The molecule has 0 amide bonds. The topological polar surface area (TPSA) is 37.3 Å². The van der Waals surface area contributed by atoms with Crippen molar-refractivity contribution in [3.63, 3.8) is 0 Å². The van der Waals surface area contributed by atoms with E-state index in [0.29, 0.717) is 17.3 Å². The van der Waals surface area contributed by atoms with Crippen molar-refractivity contribution in [2.75, 3.05) is 5.43 Å². The Bertz CT molecular complexity index is 774. The number of nitrogens with one attached hydrogen (secondary N) is 1. The van der Waals surface area contributed by atoms with E-state index in [-0.39, 0.29) is 0 Å². The fourth-order valence-electron chi connectivity index (χ4n) is 4.21. The van der Waals surface area contributed by atoms with Gasteiger partial charge in [0.25, 0.3) is 0 Å². The van der Waals surface area contributed by atoms with Crippen LogP contribution in [0.3, 0.4) is 0 Å². The van der Waals surface area contributed by atoms with Crippen molar-refractivity contribution in [1.82, 2.24) is 4.98 Å². The quantitative estimate of drug-likeness (QED) is 0.689. The van der Waals surface area contributed by atoms with Gasteiger partial charge in [-0.2, -0.15) is 5.10 Å². The van der Waals surface area contributed by atoms with Crippen LogP contribution in [0, 0.1) is 23.2 Å². The van der Waals surface area contributed by atoms with E-state index in [4.69, 9.17) is 16.7 Å². The number of fused-ring (bicyclic) bond motifs is 2. The van der Waals surface area contributed by atoms with E-state index in [2.05, 4.69) is 36.6 Å². The van der Waals surface area contributed by atoms with Crippen LogP contribution in [0.5, 0.6) is 0 Å². The van der Waals surface area contributed by atoms with Gasteiger partial charge in [0.2, 0.25) is 5.13 Å². The first-order valence-electron chi connectivity index (χ1n) is 8.49. The van der Waals surface area contributed by atoms with Crippen molar-refractivity contribution in [2.45, 2.75) is 33.6 Å². The van der Waals surface area contributed by atoms with E-state index in [1.54, 1.807) is 11.3 Å². The summed E-state index contributed by atoms with van der Waals surface area (Å²) in [6.07, 6.45) is 2.42. The van der Waals surface area contributed by atoms with Gasteiger partial charge >= 0.3 is 0 Å². The Balaban J connectivity index is 1.47. The van der Waals surface area contributed by atoms with Crippen molar-refractivity contribution < 1.29 is 0 Å². The zero-order valence-electron chi connectivity index (χ0n) is 14.2. The number of thiazole rings is 1. The van der Waals surface area contributed by atoms with Crippen molar-refractivity contribution >= 4 is 33.8 Å². The molecule has 3 nitrogen and oxygen atoms in total. The minimum atomic E-state index is 0.451. The largest absolute Gasteiger partial charge is 0.253 e. The molecule has 3 atom stereocenters. The molecule has 4 rings (SSSR count). The molecule has 2 fully saturated rings. The zero-order valence-corrected chi connectivity index (χ0v) is 15.8. The lowest BCUT2D eigenvalue weighted by atomic mass is 9.69. The minimum absolute atomic E-state index is 0.451. The van der Waals surface area contributed by atoms with Gasteiger partial charge in [-0.05, 0) is 42.2 Å². The highest BCUT2D eigenvalue weighted by Crippen LogP contribution is 2.57. The lowest BCUT2D eigenvalue weighted by Gasteiger charge is -2.36. The molecule has 0 aliphatic heterocycles. The molecule has 1 N–H and O–H groups in total.